The molecule has 0 unspecified atom stereocenters. The lowest BCUT2D eigenvalue weighted by molar-refractivity contribution is 0.0452. The van der Waals surface area contributed by atoms with Gasteiger partial charge in [0.2, 0.25) is 0 Å². The Hall–Kier alpha value is -7.62. The molecule has 2 aliphatic heterocycles. The highest BCUT2D eigenvalue weighted by Gasteiger charge is 2.32. The molecule has 1 saturated carbocycles. The van der Waals surface area contributed by atoms with Gasteiger partial charge in [0.25, 0.3) is 0 Å². The number of nitrogens with two attached hydrogens (primary N) is 1. The molecule has 8 aromatic rings. The third-order valence-electron chi connectivity index (χ3n) is 11.6. The maximum Gasteiger partial charge on any atom is 0.119 e. The van der Waals surface area contributed by atoms with Gasteiger partial charge in [-0.2, -0.15) is 0 Å². The van der Waals surface area contributed by atoms with Crippen molar-refractivity contribution in [3.05, 3.63) is 215 Å². The highest BCUT2D eigenvalue weighted by molar-refractivity contribution is 5.88. The van der Waals surface area contributed by atoms with Gasteiger partial charge in [-0.3, -0.25) is 14.9 Å². The van der Waals surface area contributed by atoms with Crippen LogP contribution >= 0.6 is 0 Å². The molecule has 0 amide bonds. The van der Waals surface area contributed by atoms with Crippen molar-refractivity contribution >= 4 is 27.4 Å². The molecule has 0 spiro atoms. The second-order valence-corrected chi connectivity index (χ2v) is 16.2. The number of aryl methyl sites for hydroxylation is 1. The Balaban J connectivity index is 0.000000141. The van der Waals surface area contributed by atoms with Crippen molar-refractivity contribution in [1.82, 2.24) is 14.9 Å². The standard InChI is InChI=1S/C27H28N2O.C18H13N.C14H11N/c1-4-23(26-5-2-17-28-27(26)6-1)12-7-21-10-15-25(16-11-21)30-19-3-18-29-20-22-8-13-24(29)14-9-22;19-18-11-4-2-7-16(18)13-12-15-9-5-8-14-6-1-3-10-17(14)15;1-12-11-14(9-10-15-12)8-7-13-5-3-2-4-6-13/h1-2,4-6,10-11,15-17,22,24H,3,8-9,13-14,18-20H2;1-11H,19H2;2-6,9-11H,1H3. The number of piperidine rings is 2. The zero-order valence-electron chi connectivity index (χ0n) is 36.4. The molecule has 3 aliphatic rings. The van der Waals surface area contributed by atoms with E-state index in [1.165, 1.54) is 49.5 Å². The minimum absolute atomic E-state index is 0.718. The van der Waals surface area contributed by atoms with Crippen molar-refractivity contribution in [3.8, 4) is 41.3 Å². The summed E-state index contributed by atoms with van der Waals surface area (Å²) in [6, 6.07) is 55.0. The van der Waals surface area contributed by atoms with E-state index in [9.17, 15) is 0 Å². The molecular formula is C59H52N4O. The molecule has 3 fully saturated rings. The summed E-state index contributed by atoms with van der Waals surface area (Å²) >= 11 is 0. The predicted octanol–water partition coefficient (Wildman–Crippen LogP) is 11.9. The Morgan fingerprint density at radius 1 is 0.562 bits per heavy atom. The van der Waals surface area contributed by atoms with Crippen molar-refractivity contribution in [1.29, 1.82) is 0 Å². The van der Waals surface area contributed by atoms with Crippen molar-refractivity contribution in [2.45, 2.75) is 45.1 Å². The highest BCUT2D eigenvalue weighted by atomic mass is 16.5. The number of anilines is 1. The van der Waals surface area contributed by atoms with E-state index in [2.05, 4.69) is 74.7 Å². The molecule has 5 nitrogen and oxygen atoms in total. The Kier molecular flexibility index (Phi) is 14.8. The predicted molar refractivity (Wildman–Crippen MR) is 264 cm³/mol. The van der Waals surface area contributed by atoms with Crippen molar-refractivity contribution in [2.75, 3.05) is 25.4 Å². The maximum absolute atomic E-state index is 5.97. The van der Waals surface area contributed by atoms with E-state index in [4.69, 9.17) is 10.5 Å². The van der Waals surface area contributed by atoms with Crippen LogP contribution in [0.15, 0.2) is 176 Å². The van der Waals surface area contributed by atoms with Crippen LogP contribution in [0.4, 0.5) is 5.69 Å². The minimum Gasteiger partial charge on any atom is -0.494 e. The van der Waals surface area contributed by atoms with Gasteiger partial charge < -0.3 is 10.5 Å². The van der Waals surface area contributed by atoms with Crippen LogP contribution in [0.5, 0.6) is 5.75 Å². The number of pyridine rings is 2. The Morgan fingerprint density at radius 2 is 1.20 bits per heavy atom. The van der Waals surface area contributed by atoms with E-state index in [1.54, 1.807) is 6.20 Å². The fourth-order valence-corrected chi connectivity index (χ4v) is 8.26. The van der Waals surface area contributed by atoms with Crippen LogP contribution in [-0.4, -0.2) is 40.6 Å². The third kappa shape index (κ3) is 12.1. The molecule has 4 heterocycles. The van der Waals surface area contributed by atoms with Crippen LogP contribution in [0, 0.1) is 48.4 Å². The summed E-state index contributed by atoms with van der Waals surface area (Å²) in [4.78, 5) is 11.2. The summed E-state index contributed by atoms with van der Waals surface area (Å²) in [7, 11) is 0. The lowest BCUT2D eigenvalue weighted by Gasteiger charge is -2.45. The number of benzene rings is 6. The molecule has 0 atom stereocenters. The van der Waals surface area contributed by atoms with Gasteiger partial charge in [0.05, 0.1) is 12.1 Å². The molecule has 5 heteroatoms. The maximum atomic E-state index is 5.97. The fraction of sp³-hybridized carbons (Fsp3) is 0.186. The minimum atomic E-state index is 0.718. The van der Waals surface area contributed by atoms with E-state index in [0.717, 1.165) is 86.4 Å². The number of fused-ring (bicyclic) bond motifs is 5. The lowest BCUT2D eigenvalue weighted by atomic mass is 9.80. The zero-order chi connectivity index (χ0) is 43.8. The van der Waals surface area contributed by atoms with Crippen molar-refractivity contribution < 1.29 is 4.74 Å². The molecule has 2 N–H and O–H groups in total. The third-order valence-corrected chi connectivity index (χ3v) is 11.6. The van der Waals surface area contributed by atoms with Gasteiger partial charge in [-0.05, 0) is 141 Å². The van der Waals surface area contributed by atoms with E-state index >= 15 is 0 Å². The number of para-hydroxylation sites is 1. The van der Waals surface area contributed by atoms with Gasteiger partial charge in [0, 0.05) is 81.7 Å². The van der Waals surface area contributed by atoms with Gasteiger partial charge in [-0.25, -0.2) is 0 Å². The summed E-state index contributed by atoms with van der Waals surface area (Å²) < 4.78 is 5.97. The van der Waals surface area contributed by atoms with Crippen LogP contribution in [-0.2, 0) is 0 Å². The van der Waals surface area contributed by atoms with Gasteiger partial charge >= 0.3 is 0 Å². The quantitative estimate of drug-likeness (QED) is 0.106. The van der Waals surface area contributed by atoms with Crippen LogP contribution in [0.2, 0.25) is 0 Å². The zero-order valence-corrected chi connectivity index (χ0v) is 36.4. The fourth-order valence-electron chi connectivity index (χ4n) is 8.26. The first kappa shape index (κ1) is 43.0. The first-order valence-corrected chi connectivity index (χ1v) is 22.2. The van der Waals surface area contributed by atoms with Crippen LogP contribution in [0.25, 0.3) is 21.7 Å². The Bertz CT molecular complexity index is 2980. The normalized spacial score (nSPS) is 14.8. The smallest absolute Gasteiger partial charge is 0.119 e. The molecule has 1 aliphatic carbocycles. The number of hydrogen-bond acceptors (Lipinski definition) is 5. The average molecular weight is 833 g/mol. The second-order valence-electron chi connectivity index (χ2n) is 16.2. The van der Waals surface area contributed by atoms with E-state index in [0.29, 0.717) is 0 Å². The summed E-state index contributed by atoms with van der Waals surface area (Å²) in [5.74, 6) is 21.0. The molecule has 11 rings (SSSR count). The monoisotopic (exact) mass is 832 g/mol. The summed E-state index contributed by atoms with van der Waals surface area (Å²) in [5, 5.41) is 3.47. The molecule has 2 saturated heterocycles. The Morgan fingerprint density at radius 3 is 2.00 bits per heavy atom. The van der Waals surface area contributed by atoms with Gasteiger partial charge in [-0.1, -0.05) is 114 Å². The number of aromatic nitrogens is 2. The second kappa shape index (κ2) is 21.9. The van der Waals surface area contributed by atoms with E-state index in [1.807, 2.05) is 153 Å². The molecule has 64 heavy (non-hydrogen) atoms. The SMILES string of the molecule is C(#Cc1cccc2ncccc12)c1ccc(OCCCN2CC3CCC2CC3)cc1.Cc1cc(C#Cc2ccccc2)ccn1.Nc1ccccc1C#Cc1cccc2ccccc12. The average Bonchev–Trinajstić information content (AvgIpc) is 3.35. The van der Waals surface area contributed by atoms with Gasteiger partial charge in [-0.15, -0.1) is 0 Å². The number of rotatable bonds is 5. The van der Waals surface area contributed by atoms with Gasteiger partial charge in [0.1, 0.15) is 5.75 Å². The number of nitrogens with zero attached hydrogens (tertiary/aromatic N) is 3. The van der Waals surface area contributed by atoms with Gasteiger partial charge in [0.15, 0.2) is 0 Å². The number of nitrogen functional groups attached to an aromatic ring is 1. The number of ether oxygens (including phenoxy) is 1. The Labute approximate surface area is 378 Å². The first-order valence-electron chi connectivity index (χ1n) is 22.2. The molecule has 2 aromatic heterocycles. The highest BCUT2D eigenvalue weighted by Crippen LogP contribution is 2.34. The molecular weight excluding hydrogens is 781 g/mol. The van der Waals surface area contributed by atoms with E-state index in [-0.39, 0.29) is 0 Å². The topological polar surface area (TPSA) is 64.3 Å². The number of hydrogen-bond donors (Lipinski definition) is 1. The molecule has 2 bridgehead atoms. The van der Waals surface area contributed by atoms with Crippen LogP contribution in [0.1, 0.15) is 71.2 Å². The summed E-state index contributed by atoms with van der Waals surface area (Å²) in [5.41, 5.74) is 14.5. The van der Waals surface area contributed by atoms with Crippen molar-refractivity contribution in [2.24, 2.45) is 5.92 Å². The first-order chi connectivity index (χ1) is 31.5. The molecule has 314 valence electrons. The molecule has 6 aromatic carbocycles. The van der Waals surface area contributed by atoms with Crippen LogP contribution in [0.3, 0.4) is 0 Å². The van der Waals surface area contributed by atoms with Crippen molar-refractivity contribution in [3.63, 3.8) is 0 Å². The summed E-state index contributed by atoms with van der Waals surface area (Å²) in [6.07, 6.45) is 10.4. The molecule has 0 radical (unpaired) electrons. The van der Waals surface area contributed by atoms with Crippen LogP contribution < -0.4 is 10.5 Å². The largest absolute Gasteiger partial charge is 0.494 e. The lowest BCUT2D eigenvalue weighted by Crippen LogP contribution is -2.48. The summed E-state index contributed by atoms with van der Waals surface area (Å²) in [6.45, 7) is 5.23. The van der Waals surface area contributed by atoms with E-state index < -0.39 is 0 Å².